The molecule has 2 aromatic heterocycles. The summed E-state index contributed by atoms with van der Waals surface area (Å²) in [7, 11) is 1.76. The van der Waals surface area contributed by atoms with Gasteiger partial charge >= 0.3 is 11.9 Å². The van der Waals surface area contributed by atoms with Crippen LogP contribution in [0, 0.1) is 24.7 Å². The molecule has 3 unspecified atom stereocenters. The van der Waals surface area contributed by atoms with Crippen molar-refractivity contribution < 1.29 is 33.8 Å². The number of carboxylic acids is 1. The van der Waals surface area contributed by atoms with E-state index >= 15 is 0 Å². The summed E-state index contributed by atoms with van der Waals surface area (Å²) in [5.41, 5.74) is 1.01. The Morgan fingerprint density at radius 1 is 1.17 bits per heavy atom. The van der Waals surface area contributed by atoms with Crippen molar-refractivity contribution in [3.63, 3.8) is 0 Å². The van der Waals surface area contributed by atoms with Crippen LogP contribution in [0.15, 0.2) is 17.8 Å². The van der Waals surface area contributed by atoms with Gasteiger partial charge in [0.25, 0.3) is 5.91 Å². The fourth-order valence-corrected chi connectivity index (χ4v) is 5.58. The Morgan fingerprint density at radius 2 is 1.83 bits per heavy atom. The standard InChI is InChI=1S/C29H41N5O7S/c1-16(2)23(34(6)26(36)8-20-13-40-14-20)10-24(41-19(5)35)28-33-22(15-42-28)27(37)32-21(7-18(4)29(38)39)9-25-30-11-17(3)12-31-25/h11-12,15-16,18,20-21,23-24H,7-10,13-14H2,1-6H3,(H,32,37)(H,38,39)/t18?,21-,23?,24?/m1/s1. The molecule has 0 saturated carbocycles. The van der Waals surface area contributed by atoms with Crippen molar-refractivity contribution in [3.05, 3.63) is 39.9 Å². The summed E-state index contributed by atoms with van der Waals surface area (Å²) >= 11 is 1.19. The highest BCUT2D eigenvalue weighted by Gasteiger charge is 2.33. The molecule has 3 rings (SSSR count). The first-order chi connectivity index (χ1) is 19.8. The number of aliphatic carboxylic acids is 1. The van der Waals surface area contributed by atoms with E-state index in [0.29, 0.717) is 36.9 Å². The van der Waals surface area contributed by atoms with E-state index in [0.717, 1.165) is 5.56 Å². The van der Waals surface area contributed by atoms with Gasteiger partial charge in [0, 0.05) is 69.0 Å². The molecule has 1 aliphatic rings. The van der Waals surface area contributed by atoms with Crippen LogP contribution in [0.2, 0.25) is 0 Å². The average molecular weight is 604 g/mol. The number of nitrogens with one attached hydrogen (secondary N) is 1. The minimum Gasteiger partial charge on any atom is -0.481 e. The molecule has 42 heavy (non-hydrogen) atoms. The molecular formula is C29H41N5O7S. The Bertz CT molecular complexity index is 1230. The molecular weight excluding hydrogens is 562 g/mol. The monoisotopic (exact) mass is 603 g/mol. The molecule has 0 aromatic carbocycles. The van der Waals surface area contributed by atoms with E-state index in [1.54, 1.807) is 36.6 Å². The second-order valence-electron chi connectivity index (χ2n) is 11.4. The predicted molar refractivity (Wildman–Crippen MR) is 155 cm³/mol. The Morgan fingerprint density at radius 3 is 2.38 bits per heavy atom. The van der Waals surface area contributed by atoms with E-state index in [1.165, 1.54) is 18.3 Å². The number of aromatic nitrogens is 3. The largest absolute Gasteiger partial charge is 0.481 e. The van der Waals surface area contributed by atoms with Crippen molar-refractivity contribution in [1.82, 2.24) is 25.2 Å². The molecule has 3 heterocycles. The molecule has 0 bridgehead atoms. The number of aryl methyl sites for hydroxylation is 1. The Balaban J connectivity index is 1.75. The normalized spacial score (nSPS) is 16.2. The molecule has 0 radical (unpaired) electrons. The van der Waals surface area contributed by atoms with Crippen LogP contribution in [0.1, 0.15) is 79.9 Å². The van der Waals surface area contributed by atoms with Crippen LogP contribution < -0.4 is 5.32 Å². The lowest BCUT2D eigenvalue weighted by Crippen LogP contribution is -2.44. The van der Waals surface area contributed by atoms with E-state index in [4.69, 9.17) is 9.47 Å². The van der Waals surface area contributed by atoms with Gasteiger partial charge in [-0.05, 0) is 24.8 Å². The number of carbonyl (C=O) groups is 4. The van der Waals surface area contributed by atoms with Crippen LogP contribution in [0.4, 0.5) is 0 Å². The maximum atomic E-state index is 13.2. The second-order valence-corrected chi connectivity index (χ2v) is 12.2. The molecule has 12 nitrogen and oxygen atoms in total. The second kappa shape index (κ2) is 15.1. The first-order valence-corrected chi connectivity index (χ1v) is 15.0. The van der Waals surface area contributed by atoms with E-state index in [2.05, 4.69) is 20.3 Å². The van der Waals surface area contributed by atoms with Gasteiger partial charge in [-0.3, -0.25) is 19.2 Å². The van der Waals surface area contributed by atoms with Crippen molar-refractivity contribution in [2.24, 2.45) is 17.8 Å². The van der Waals surface area contributed by atoms with Crippen molar-refractivity contribution in [3.8, 4) is 0 Å². The maximum Gasteiger partial charge on any atom is 0.306 e. The molecule has 1 fully saturated rings. The van der Waals surface area contributed by atoms with Crippen LogP contribution >= 0.6 is 11.3 Å². The molecule has 1 saturated heterocycles. The fraction of sp³-hybridized carbons (Fsp3) is 0.621. The Labute approximate surface area is 250 Å². The quantitative estimate of drug-likeness (QED) is 0.289. The van der Waals surface area contributed by atoms with Gasteiger partial charge in [-0.1, -0.05) is 20.8 Å². The number of thiazole rings is 1. The van der Waals surface area contributed by atoms with E-state index in [-0.39, 0.29) is 42.3 Å². The third-order valence-electron chi connectivity index (χ3n) is 7.28. The Kier molecular flexibility index (Phi) is 11.9. The van der Waals surface area contributed by atoms with Crippen molar-refractivity contribution in [2.45, 2.75) is 78.5 Å². The molecule has 230 valence electrons. The van der Waals surface area contributed by atoms with Crippen LogP contribution in [-0.4, -0.2) is 81.1 Å². The van der Waals surface area contributed by atoms with E-state index in [1.807, 2.05) is 20.8 Å². The number of rotatable bonds is 15. The van der Waals surface area contributed by atoms with Crippen LogP contribution in [0.3, 0.4) is 0 Å². The van der Waals surface area contributed by atoms with E-state index in [9.17, 15) is 24.3 Å². The third-order valence-corrected chi connectivity index (χ3v) is 8.22. The highest BCUT2D eigenvalue weighted by Crippen LogP contribution is 2.31. The summed E-state index contributed by atoms with van der Waals surface area (Å²) in [4.78, 5) is 64.5. The summed E-state index contributed by atoms with van der Waals surface area (Å²) in [6.07, 6.45) is 3.72. The number of esters is 1. The maximum absolute atomic E-state index is 13.2. The Hall–Kier alpha value is -3.45. The molecule has 1 aliphatic heterocycles. The van der Waals surface area contributed by atoms with Gasteiger partial charge in [0.15, 0.2) is 6.10 Å². The smallest absolute Gasteiger partial charge is 0.306 e. The fourth-order valence-electron chi connectivity index (χ4n) is 4.74. The van der Waals surface area contributed by atoms with Gasteiger partial charge in [0.05, 0.1) is 19.1 Å². The predicted octanol–water partition coefficient (Wildman–Crippen LogP) is 3.21. The van der Waals surface area contributed by atoms with Crippen LogP contribution in [0.5, 0.6) is 0 Å². The third kappa shape index (κ3) is 9.55. The zero-order valence-corrected chi connectivity index (χ0v) is 25.8. The number of nitrogens with zero attached hydrogens (tertiary/aromatic N) is 4. The summed E-state index contributed by atoms with van der Waals surface area (Å²) in [5, 5.41) is 14.3. The van der Waals surface area contributed by atoms with Gasteiger partial charge < -0.3 is 24.8 Å². The van der Waals surface area contributed by atoms with Crippen molar-refractivity contribution >= 4 is 35.1 Å². The van der Waals surface area contributed by atoms with Gasteiger partial charge in [-0.25, -0.2) is 15.0 Å². The minimum absolute atomic E-state index is 0.00182. The highest BCUT2D eigenvalue weighted by molar-refractivity contribution is 7.09. The van der Waals surface area contributed by atoms with Crippen LogP contribution in [-0.2, 0) is 30.3 Å². The first-order valence-electron chi connectivity index (χ1n) is 14.1. The van der Waals surface area contributed by atoms with Crippen LogP contribution in [0.25, 0.3) is 0 Å². The van der Waals surface area contributed by atoms with Crippen molar-refractivity contribution in [2.75, 3.05) is 20.3 Å². The topological polar surface area (TPSA) is 161 Å². The SMILES string of the molecule is CC(=O)OC(CC(C(C)C)N(C)C(=O)CC1COC1)c1nc(C(=O)N[C@@H](Cc2ncc(C)cn2)CC(C)C(=O)O)cs1. The summed E-state index contributed by atoms with van der Waals surface area (Å²) < 4.78 is 10.8. The van der Waals surface area contributed by atoms with E-state index < -0.39 is 35.9 Å². The average Bonchev–Trinajstić information content (AvgIpc) is 3.39. The number of hydrogen-bond donors (Lipinski definition) is 2. The molecule has 2 N–H and O–H groups in total. The number of amides is 2. The molecule has 0 aliphatic carbocycles. The highest BCUT2D eigenvalue weighted by atomic mass is 32.1. The minimum atomic E-state index is -0.969. The van der Waals surface area contributed by atoms with Gasteiger partial charge in [0.2, 0.25) is 5.91 Å². The molecule has 2 aromatic rings. The number of ether oxygens (including phenoxy) is 2. The number of carbonyl (C=O) groups excluding carboxylic acids is 3. The molecule has 2 amide bonds. The summed E-state index contributed by atoms with van der Waals surface area (Å²) in [5.74, 6) is -1.87. The van der Waals surface area contributed by atoms with Gasteiger partial charge in [-0.2, -0.15) is 0 Å². The lowest BCUT2D eigenvalue weighted by molar-refractivity contribution is -0.149. The summed E-state index contributed by atoms with van der Waals surface area (Å²) in [6, 6.07) is -0.785. The van der Waals surface area contributed by atoms with Gasteiger partial charge in [-0.15, -0.1) is 11.3 Å². The number of carboxylic acid groups (broad SMARTS) is 1. The molecule has 0 spiro atoms. The molecule has 4 atom stereocenters. The van der Waals surface area contributed by atoms with Crippen molar-refractivity contribution in [1.29, 1.82) is 0 Å². The zero-order valence-electron chi connectivity index (χ0n) is 25.0. The lowest BCUT2D eigenvalue weighted by atomic mass is 9.95. The zero-order chi connectivity index (χ0) is 31.0. The summed E-state index contributed by atoms with van der Waals surface area (Å²) in [6.45, 7) is 9.92. The number of hydrogen-bond acceptors (Lipinski definition) is 10. The molecule has 13 heteroatoms. The lowest BCUT2D eigenvalue weighted by Gasteiger charge is -2.35. The first kappa shape index (κ1) is 33.1. The van der Waals surface area contributed by atoms with Gasteiger partial charge in [0.1, 0.15) is 16.5 Å².